The molecular weight excluding hydrogens is 336 g/mol. The topological polar surface area (TPSA) is 93.2 Å². The number of aliphatic imine (C=N–C) groups is 1. The molecule has 1 aromatic carbocycles. The number of rotatable bonds is 3. The molecule has 3 heterocycles. The maximum Gasteiger partial charge on any atom is 0.141 e. The summed E-state index contributed by atoms with van der Waals surface area (Å²) in [4.78, 5) is 9.63. The van der Waals surface area contributed by atoms with Gasteiger partial charge in [-0.2, -0.15) is 5.26 Å². The summed E-state index contributed by atoms with van der Waals surface area (Å²) in [7, 11) is 0. The maximum absolute atomic E-state index is 9.50. The molecule has 4 rings (SSSR count). The van der Waals surface area contributed by atoms with Crippen LogP contribution in [0.4, 0.5) is 5.82 Å². The van der Waals surface area contributed by atoms with Gasteiger partial charge in [0.05, 0.1) is 17.6 Å². The number of aromatic amines is 1. The molecule has 0 saturated carbocycles. The number of H-pyrrole nitrogens is 1. The van der Waals surface area contributed by atoms with Crippen LogP contribution in [0.3, 0.4) is 0 Å². The summed E-state index contributed by atoms with van der Waals surface area (Å²) in [5.41, 5.74) is 11.0. The molecule has 0 atom stereocenters. The summed E-state index contributed by atoms with van der Waals surface area (Å²) in [6, 6.07) is 14.1. The van der Waals surface area contributed by atoms with Crippen LogP contribution < -0.4 is 11.1 Å². The summed E-state index contributed by atoms with van der Waals surface area (Å²) in [5.74, 6) is 1.15. The van der Waals surface area contributed by atoms with Gasteiger partial charge in [0.1, 0.15) is 11.9 Å². The summed E-state index contributed by atoms with van der Waals surface area (Å²) in [6.45, 7) is 1.76. The Kier molecular flexibility index (Phi) is 4.67. The smallest absolute Gasteiger partial charge is 0.141 e. The van der Waals surface area contributed by atoms with Gasteiger partial charge in [-0.3, -0.25) is 0 Å². The molecule has 6 nitrogen and oxygen atoms in total. The van der Waals surface area contributed by atoms with Crippen LogP contribution in [0.2, 0.25) is 0 Å². The lowest BCUT2D eigenvalue weighted by Gasteiger charge is -2.32. The number of nitrogens with zero attached hydrogens (tertiary/aromatic N) is 3. The van der Waals surface area contributed by atoms with Crippen LogP contribution in [0.1, 0.15) is 24.0 Å². The van der Waals surface area contributed by atoms with Crippen molar-refractivity contribution in [3.63, 3.8) is 0 Å². The molecular formula is C21H22N6. The fraction of sp³-hybridized carbons (Fsp3) is 0.238. The number of piperidine rings is 1. The first-order chi connectivity index (χ1) is 13.3. The molecule has 0 amide bonds. The highest BCUT2D eigenvalue weighted by Gasteiger charge is 2.24. The Balaban J connectivity index is 1.47. The highest BCUT2D eigenvalue weighted by Crippen LogP contribution is 2.32. The summed E-state index contributed by atoms with van der Waals surface area (Å²) in [6.07, 6.45) is 7.45. The van der Waals surface area contributed by atoms with Gasteiger partial charge in [-0.1, -0.05) is 30.3 Å². The third-order valence-corrected chi connectivity index (χ3v) is 5.17. The zero-order valence-electron chi connectivity index (χ0n) is 15.0. The van der Waals surface area contributed by atoms with E-state index in [2.05, 4.69) is 26.3 Å². The second kappa shape index (κ2) is 7.42. The normalized spacial score (nSPS) is 19.2. The molecule has 27 heavy (non-hydrogen) atoms. The zero-order chi connectivity index (χ0) is 18.6. The average molecular weight is 358 g/mol. The van der Waals surface area contributed by atoms with Gasteiger partial charge >= 0.3 is 0 Å². The van der Waals surface area contributed by atoms with Crippen molar-refractivity contribution in [2.24, 2.45) is 16.6 Å². The molecule has 0 bridgehead atoms. The van der Waals surface area contributed by atoms with E-state index in [-0.39, 0.29) is 0 Å². The number of aromatic nitrogens is 1. The molecule has 1 saturated heterocycles. The van der Waals surface area contributed by atoms with Gasteiger partial charge in [0.2, 0.25) is 0 Å². The number of likely N-dealkylation sites (tertiary alicyclic amines) is 1. The molecule has 2 aliphatic rings. The van der Waals surface area contributed by atoms with Gasteiger partial charge in [-0.15, -0.1) is 0 Å². The van der Waals surface area contributed by atoms with Crippen LogP contribution in [-0.2, 0) is 0 Å². The number of hydrogen-bond donors (Lipinski definition) is 3. The van der Waals surface area contributed by atoms with E-state index in [1.807, 2.05) is 48.8 Å². The quantitative estimate of drug-likeness (QED) is 0.735. The van der Waals surface area contributed by atoms with Gasteiger partial charge in [0.25, 0.3) is 0 Å². The minimum Gasteiger partial charge on any atom is -0.400 e. The third-order valence-electron chi connectivity index (χ3n) is 5.17. The lowest BCUT2D eigenvalue weighted by molar-refractivity contribution is 0.264. The van der Waals surface area contributed by atoms with Crippen molar-refractivity contribution in [2.75, 3.05) is 13.1 Å². The van der Waals surface area contributed by atoms with Crippen molar-refractivity contribution in [2.45, 2.75) is 12.8 Å². The Morgan fingerprint density at radius 3 is 2.74 bits per heavy atom. The Morgan fingerprint density at radius 1 is 1.22 bits per heavy atom. The first-order valence-electron chi connectivity index (χ1n) is 9.14. The average Bonchev–Trinajstić information content (AvgIpc) is 3.21. The van der Waals surface area contributed by atoms with Crippen molar-refractivity contribution >= 4 is 23.4 Å². The Morgan fingerprint density at radius 2 is 2.00 bits per heavy atom. The molecule has 0 spiro atoms. The number of nitriles is 1. The van der Waals surface area contributed by atoms with Crippen molar-refractivity contribution in [3.05, 3.63) is 65.6 Å². The molecule has 136 valence electrons. The lowest BCUT2D eigenvalue weighted by Crippen LogP contribution is -2.33. The number of hydrogen-bond acceptors (Lipinski definition) is 5. The third kappa shape index (κ3) is 3.44. The number of allylic oxidation sites excluding steroid dienone is 2. The SMILES string of the molecule is N#C/C(=C\N1CCC(/C(N)=C2/NC=Nc3[nH]ccc32)CC1)c1ccccc1. The van der Waals surface area contributed by atoms with Crippen molar-refractivity contribution in [1.29, 1.82) is 5.26 Å². The van der Waals surface area contributed by atoms with E-state index in [4.69, 9.17) is 5.73 Å². The molecule has 2 aliphatic heterocycles. The van der Waals surface area contributed by atoms with E-state index in [9.17, 15) is 5.26 Å². The molecule has 0 radical (unpaired) electrons. The maximum atomic E-state index is 9.50. The van der Waals surface area contributed by atoms with Gasteiger partial charge in [-0.05, 0) is 24.5 Å². The first kappa shape index (κ1) is 17.0. The fourth-order valence-electron chi connectivity index (χ4n) is 3.66. The number of benzene rings is 1. The second-order valence-electron chi connectivity index (χ2n) is 6.80. The minimum atomic E-state index is 0.314. The summed E-state index contributed by atoms with van der Waals surface area (Å²) < 4.78 is 0. The monoisotopic (exact) mass is 358 g/mol. The van der Waals surface area contributed by atoms with Crippen LogP contribution in [0.15, 0.2) is 59.5 Å². The summed E-state index contributed by atoms with van der Waals surface area (Å²) >= 11 is 0. The molecule has 0 unspecified atom stereocenters. The van der Waals surface area contributed by atoms with E-state index in [0.717, 1.165) is 54.3 Å². The van der Waals surface area contributed by atoms with E-state index < -0.39 is 0 Å². The predicted molar refractivity (Wildman–Crippen MR) is 108 cm³/mol. The first-order valence-corrected chi connectivity index (χ1v) is 9.14. The molecule has 1 fully saturated rings. The number of fused-ring (bicyclic) bond motifs is 1. The van der Waals surface area contributed by atoms with Crippen molar-refractivity contribution < 1.29 is 0 Å². The van der Waals surface area contributed by atoms with Crippen LogP contribution in [0.25, 0.3) is 11.3 Å². The van der Waals surface area contributed by atoms with Gasteiger partial charge in [0.15, 0.2) is 0 Å². The fourth-order valence-corrected chi connectivity index (χ4v) is 3.66. The van der Waals surface area contributed by atoms with E-state index in [0.29, 0.717) is 11.5 Å². The van der Waals surface area contributed by atoms with E-state index in [1.165, 1.54) is 0 Å². The standard InChI is InChI=1S/C21H22N6/c22-12-17(15-4-2-1-3-5-15)13-27-10-7-16(8-11-27)19(23)20-18-6-9-24-21(18)26-14-25-20/h1-6,9,13-14,16,24H,7-8,10-11,23H2,(H,25,26)/b17-13+,20-19-. The van der Waals surface area contributed by atoms with Gasteiger partial charge in [-0.25, -0.2) is 4.99 Å². The van der Waals surface area contributed by atoms with Crippen molar-refractivity contribution in [3.8, 4) is 6.07 Å². The second-order valence-corrected chi connectivity index (χ2v) is 6.80. The van der Waals surface area contributed by atoms with Gasteiger partial charge in [0, 0.05) is 42.7 Å². The van der Waals surface area contributed by atoms with E-state index >= 15 is 0 Å². The molecule has 4 N–H and O–H groups in total. The molecule has 0 aliphatic carbocycles. The minimum absolute atomic E-state index is 0.314. The lowest BCUT2D eigenvalue weighted by atomic mass is 9.91. The zero-order valence-corrected chi connectivity index (χ0v) is 15.0. The largest absolute Gasteiger partial charge is 0.400 e. The van der Waals surface area contributed by atoms with E-state index in [1.54, 1.807) is 6.34 Å². The Labute approximate surface area is 158 Å². The number of nitrogens with two attached hydrogens (primary N) is 1. The molecule has 6 heteroatoms. The Hall–Kier alpha value is -3.46. The van der Waals surface area contributed by atoms with Crippen LogP contribution in [0.5, 0.6) is 0 Å². The Bertz CT molecular complexity index is 937. The highest BCUT2D eigenvalue weighted by atomic mass is 15.1. The predicted octanol–water partition coefficient (Wildman–Crippen LogP) is 3.18. The van der Waals surface area contributed by atoms with Crippen LogP contribution in [-0.4, -0.2) is 29.3 Å². The number of nitrogens with one attached hydrogen (secondary N) is 2. The van der Waals surface area contributed by atoms with Crippen LogP contribution in [0, 0.1) is 17.2 Å². The molecule has 2 aromatic rings. The molecule has 1 aromatic heterocycles. The van der Waals surface area contributed by atoms with Gasteiger partial charge < -0.3 is 20.9 Å². The summed E-state index contributed by atoms with van der Waals surface area (Å²) in [5, 5.41) is 12.7. The highest BCUT2D eigenvalue weighted by molar-refractivity contribution is 5.87. The van der Waals surface area contributed by atoms with Crippen LogP contribution >= 0.6 is 0 Å². The van der Waals surface area contributed by atoms with Crippen molar-refractivity contribution in [1.82, 2.24) is 15.2 Å².